The summed E-state index contributed by atoms with van der Waals surface area (Å²) in [5.74, 6) is 0.515. The minimum absolute atomic E-state index is 0.0606. The summed E-state index contributed by atoms with van der Waals surface area (Å²) in [6, 6.07) is 22.2. The maximum Gasteiger partial charge on any atom is 0.293 e. The van der Waals surface area contributed by atoms with Crippen molar-refractivity contribution >= 4 is 44.0 Å². The van der Waals surface area contributed by atoms with E-state index in [1.165, 1.54) is 23.4 Å². The Bertz CT molecular complexity index is 3340. The topological polar surface area (TPSA) is 203 Å². The number of aromatic amines is 1. The van der Waals surface area contributed by atoms with Crippen molar-refractivity contribution in [1.29, 1.82) is 0 Å². The van der Waals surface area contributed by atoms with E-state index in [-0.39, 0.29) is 66.9 Å². The number of aromatic nitrogens is 2. The van der Waals surface area contributed by atoms with Crippen LogP contribution >= 0.6 is 0 Å². The number of H-pyrrole nitrogens is 1. The molecule has 11 rings (SSSR count). The molecule has 3 N–H and O–H groups in total. The number of alkyl halides is 1. The molecule has 1 spiro atoms. The fraction of sp³-hybridized carbons (Fsp3) is 0.439. The molecule has 18 nitrogen and oxygen atoms in total. The number of methoxy groups -OCH3 is 1. The normalized spacial score (nSPS) is 19.6. The summed E-state index contributed by atoms with van der Waals surface area (Å²) in [4.78, 5) is 39.5. The predicted octanol–water partition coefficient (Wildman–Crippen LogP) is 9.66. The summed E-state index contributed by atoms with van der Waals surface area (Å²) in [7, 11) is -3.16. The van der Waals surface area contributed by atoms with Crippen LogP contribution in [0.2, 0.25) is 0 Å². The molecule has 0 radical (unpaired) electrons. The zero-order valence-corrected chi connectivity index (χ0v) is 44.7. The van der Waals surface area contributed by atoms with Gasteiger partial charge < -0.3 is 38.9 Å². The standard InChI is InChI=1S/C57H64F2N8O10S/c1-36(2)42-6-4-5-7-43(42)49-34-64(33-38-8-11-50(73-3)53-52(38)75-24-25-76-53)20-21-66(49)39-30-56(31-39)13-18-65(19-14-56)47-29-51(77-40-26-37-12-17-60-54(37)61-32-40)44(28-45(47)58)55(68)63-78(71,72)41-9-10-46(48(27-41)67(69)70)62-35-57(59)15-22-74-23-16-57/h4-12,17,26-29,32,36,39,49,62H,13-16,18-25,30-31,33-35H2,1-3H3,(H,60,61)(H,63,68)/t49-/m0/s1. The molecule has 412 valence electrons. The number of nitrogens with one attached hydrogen (secondary N) is 3. The van der Waals surface area contributed by atoms with Crippen molar-refractivity contribution < 1.29 is 50.6 Å². The van der Waals surface area contributed by atoms with Crippen LogP contribution in [0.15, 0.2) is 96.2 Å². The third-order valence-corrected chi connectivity index (χ3v) is 17.7. The molecule has 1 aliphatic carbocycles. The minimum atomic E-state index is -4.80. The van der Waals surface area contributed by atoms with Gasteiger partial charge in [0.25, 0.3) is 21.6 Å². The molecule has 0 unspecified atom stereocenters. The maximum atomic E-state index is 16.6. The van der Waals surface area contributed by atoms with E-state index in [2.05, 4.69) is 69.3 Å². The van der Waals surface area contributed by atoms with Crippen molar-refractivity contribution in [2.45, 2.75) is 87.5 Å². The lowest BCUT2D eigenvalue weighted by atomic mass is 9.59. The fourth-order valence-corrected chi connectivity index (χ4v) is 13.1. The van der Waals surface area contributed by atoms with E-state index in [0.717, 1.165) is 80.9 Å². The number of piperazine rings is 1. The first-order valence-corrected chi connectivity index (χ1v) is 28.1. The first kappa shape index (κ1) is 53.0. The van der Waals surface area contributed by atoms with E-state index >= 15 is 8.78 Å². The number of sulfonamides is 1. The molecule has 4 aliphatic heterocycles. The van der Waals surface area contributed by atoms with E-state index in [1.54, 1.807) is 25.4 Å². The van der Waals surface area contributed by atoms with Crippen LogP contribution < -0.4 is 33.9 Å². The number of anilines is 2. The van der Waals surface area contributed by atoms with Gasteiger partial charge in [0, 0.05) is 113 Å². The summed E-state index contributed by atoms with van der Waals surface area (Å²) in [5.41, 5.74) is 1.75. The first-order chi connectivity index (χ1) is 37.6. The van der Waals surface area contributed by atoms with Gasteiger partial charge in [0.05, 0.1) is 34.4 Å². The van der Waals surface area contributed by atoms with Gasteiger partial charge in [0.1, 0.15) is 47.5 Å². The van der Waals surface area contributed by atoms with Gasteiger partial charge in [-0.2, -0.15) is 0 Å². The lowest BCUT2D eigenvalue weighted by molar-refractivity contribution is -0.384. The highest BCUT2D eigenvalue weighted by molar-refractivity contribution is 7.90. The smallest absolute Gasteiger partial charge is 0.293 e. The van der Waals surface area contributed by atoms with Gasteiger partial charge >= 0.3 is 0 Å². The Morgan fingerprint density at radius 1 is 0.936 bits per heavy atom. The molecule has 3 saturated heterocycles. The lowest BCUT2D eigenvalue weighted by Crippen LogP contribution is -2.60. The lowest BCUT2D eigenvalue weighted by Gasteiger charge is -2.58. The Labute approximate surface area is 451 Å². The Morgan fingerprint density at radius 3 is 2.46 bits per heavy atom. The number of nitrogens with zero attached hydrogens (tertiary/aromatic N) is 5. The van der Waals surface area contributed by atoms with Gasteiger partial charge in [0.2, 0.25) is 5.75 Å². The zero-order chi connectivity index (χ0) is 54.3. The molecule has 2 aromatic heterocycles. The van der Waals surface area contributed by atoms with Crippen molar-refractivity contribution in [3.8, 4) is 28.7 Å². The van der Waals surface area contributed by atoms with Crippen molar-refractivity contribution in [1.82, 2.24) is 24.5 Å². The highest BCUT2D eigenvalue weighted by Gasteiger charge is 2.50. The minimum Gasteiger partial charge on any atom is -0.493 e. The first-order valence-electron chi connectivity index (χ1n) is 26.7. The zero-order valence-electron chi connectivity index (χ0n) is 43.9. The molecule has 1 saturated carbocycles. The number of nitro groups is 1. The Kier molecular flexibility index (Phi) is 14.7. The van der Waals surface area contributed by atoms with E-state index in [9.17, 15) is 23.3 Å². The van der Waals surface area contributed by atoms with Crippen LogP contribution in [0.3, 0.4) is 0 Å². The molecule has 5 aliphatic rings. The highest BCUT2D eigenvalue weighted by atomic mass is 32.2. The van der Waals surface area contributed by atoms with Gasteiger partial charge in [-0.25, -0.2) is 26.9 Å². The van der Waals surface area contributed by atoms with Gasteiger partial charge in [-0.1, -0.05) is 44.2 Å². The van der Waals surface area contributed by atoms with Crippen molar-refractivity contribution in [2.24, 2.45) is 5.41 Å². The van der Waals surface area contributed by atoms with Gasteiger partial charge in [-0.15, -0.1) is 0 Å². The number of pyridine rings is 1. The molecule has 4 aromatic carbocycles. The van der Waals surface area contributed by atoms with Gasteiger partial charge in [-0.3, -0.25) is 24.7 Å². The Balaban J connectivity index is 0.800. The molecule has 78 heavy (non-hydrogen) atoms. The van der Waals surface area contributed by atoms with Crippen LogP contribution in [0.1, 0.15) is 91.4 Å². The van der Waals surface area contributed by atoms with E-state index in [1.807, 2.05) is 15.7 Å². The van der Waals surface area contributed by atoms with E-state index in [4.69, 9.17) is 23.7 Å². The summed E-state index contributed by atoms with van der Waals surface area (Å²) >= 11 is 0. The highest BCUT2D eigenvalue weighted by Crippen LogP contribution is 2.54. The second-order valence-corrected chi connectivity index (χ2v) is 23.3. The summed E-state index contributed by atoms with van der Waals surface area (Å²) in [5, 5.41) is 15.6. The molecule has 6 heterocycles. The summed E-state index contributed by atoms with van der Waals surface area (Å²) < 4.78 is 90.9. The number of hydrogen-bond donors (Lipinski definition) is 3. The third kappa shape index (κ3) is 10.8. The monoisotopic (exact) mass is 1090 g/mol. The third-order valence-electron chi connectivity index (χ3n) is 16.4. The fourth-order valence-electron chi connectivity index (χ4n) is 12.1. The SMILES string of the molecule is COc1ccc(CN2CCN(C3CC4(CCN(c5cc(Oc6cnc7[nH]ccc7c6)c(C(=O)NS(=O)(=O)c6ccc(NCC7(F)CCOCC7)c([N+](=O)[O-])c6)cc5F)CC4)C3)[C@H](c3ccccc3C(C)C)C2)c2c1OCCO2. The Morgan fingerprint density at radius 2 is 1.71 bits per heavy atom. The van der Waals surface area contributed by atoms with Crippen LogP contribution in [0.4, 0.5) is 25.8 Å². The van der Waals surface area contributed by atoms with E-state index in [0.29, 0.717) is 67.3 Å². The van der Waals surface area contributed by atoms with Crippen LogP contribution in [0.5, 0.6) is 28.7 Å². The molecular formula is C57H64F2N8O10S. The van der Waals surface area contributed by atoms with Gasteiger partial charge in [-0.05, 0) is 84.5 Å². The summed E-state index contributed by atoms with van der Waals surface area (Å²) in [6.45, 7) is 10.0. The number of piperidine rings is 1. The Hall–Kier alpha value is -7.07. The number of nitro benzene ring substituents is 1. The van der Waals surface area contributed by atoms with Crippen molar-refractivity contribution in [3.63, 3.8) is 0 Å². The number of fused-ring (bicyclic) bond motifs is 2. The number of amides is 1. The quantitative estimate of drug-likeness (QED) is 0.0610. The largest absolute Gasteiger partial charge is 0.493 e. The van der Waals surface area contributed by atoms with Crippen molar-refractivity contribution in [3.05, 3.63) is 129 Å². The number of rotatable bonds is 16. The van der Waals surface area contributed by atoms with Crippen LogP contribution in [-0.2, 0) is 21.3 Å². The average molecular weight is 1090 g/mol. The van der Waals surface area contributed by atoms with Crippen LogP contribution in [0, 0.1) is 21.3 Å². The average Bonchev–Trinajstić information content (AvgIpc) is 4.03. The van der Waals surface area contributed by atoms with Crippen LogP contribution in [-0.4, -0.2) is 124 Å². The summed E-state index contributed by atoms with van der Waals surface area (Å²) in [6.07, 6.45) is 6.97. The molecular weight excluding hydrogens is 1030 g/mol. The van der Waals surface area contributed by atoms with Crippen LogP contribution in [0.25, 0.3) is 11.0 Å². The molecule has 1 amide bonds. The second kappa shape index (κ2) is 21.6. The number of benzene rings is 4. The molecule has 0 bridgehead atoms. The van der Waals surface area contributed by atoms with Crippen molar-refractivity contribution in [2.75, 3.05) is 83.0 Å². The second-order valence-electron chi connectivity index (χ2n) is 21.6. The number of carbonyl (C=O) groups is 1. The number of halogens is 2. The molecule has 1 atom stereocenters. The molecule has 21 heteroatoms. The number of carbonyl (C=O) groups excluding carboxylic acids is 1. The number of ether oxygens (including phenoxy) is 5. The maximum absolute atomic E-state index is 16.6. The van der Waals surface area contributed by atoms with E-state index < -0.39 is 48.5 Å². The predicted molar refractivity (Wildman–Crippen MR) is 289 cm³/mol. The molecule has 6 aromatic rings. The number of hydrogen-bond acceptors (Lipinski definition) is 15. The van der Waals surface area contributed by atoms with Gasteiger partial charge in [0.15, 0.2) is 11.5 Å². The molecule has 4 fully saturated rings.